The van der Waals surface area contributed by atoms with Crippen LogP contribution in [-0.4, -0.2) is 35.6 Å². The van der Waals surface area contributed by atoms with Gasteiger partial charge in [0.15, 0.2) is 0 Å². The third kappa shape index (κ3) is 2.32. The number of nitrogens with zero attached hydrogens (tertiary/aromatic N) is 2. The molecule has 0 saturated heterocycles. The molecule has 6 nitrogen and oxygen atoms in total. The topological polar surface area (TPSA) is 76.6 Å². The van der Waals surface area contributed by atoms with Crippen LogP contribution in [0.15, 0.2) is 17.4 Å². The fraction of sp³-hybridized carbons (Fsp3) is 0.375. The Morgan fingerprint density at radius 3 is 3.00 bits per heavy atom. The van der Waals surface area contributed by atoms with Crippen LogP contribution < -0.4 is 0 Å². The Morgan fingerprint density at radius 2 is 2.50 bits per heavy atom. The lowest BCUT2D eigenvalue weighted by atomic mass is 10.3. The largest absolute Gasteiger partial charge is 0.461 e. The van der Waals surface area contributed by atoms with E-state index in [1.807, 2.05) is 0 Å². The Kier molecular flexibility index (Phi) is 3.66. The number of carbonyl (C=O) groups excluding carboxylic acids is 1. The lowest BCUT2D eigenvalue weighted by molar-refractivity contribution is -0.135. The minimum absolute atomic E-state index is 0.0758. The molecule has 0 spiro atoms. The van der Waals surface area contributed by atoms with E-state index in [-0.39, 0.29) is 12.3 Å². The molecule has 1 heterocycles. The molecule has 0 bridgehead atoms. The minimum Gasteiger partial charge on any atom is -0.461 e. The molecule has 1 aromatic heterocycles. The number of oxime groups is 1. The molecule has 0 aliphatic heterocycles. The molecular formula is C8H11N3O3. The van der Waals surface area contributed by atoms with Crippen molar-refractivity contribution in [3.05, 3.63) is 18.0 Å². The Labute approximate surface area is 80.9 Å². The third-order valence-corrected chi connectivity index (χ3v) is 1.41. The van der Waals surface area contributed by atoms with Crippen LogP contribution in [0.4, 0.5) is 0 Å². The average molecular weight is 197 g/mol. The fourth-order valence-corrected chi connectivity index (χ4v) is 0.875. The summed E-state index contributed by atoms with van der Waals surface area (Å²) in [5, 5.41) is 9.85. The van der Waals surface area contributed by atoms with Crippen LogP contribution in [0.25, 0.3) is 0 Å². The van der Waals surface area contributed by atoms with Crippen molar-refractivity contribution in [3.8, 4) is 0 Å². The number of hydrogen-bond acceptors (Lipinski definition) is 5. The molecule has 0 saturated carbocycles. The summed E-state index contributed by atoms with van der Waals surface area (Å²) in [6.07, 6.45) is 1.51. The van der Waals surface area contributed by atoms with E-state index >= 15 is 0 Å². The number of hydrogen-bond donors (Lipinski definition) is 1. The van der Waals surface area contributed by atoms with Crippen LogP contribution >= 0.6 is 0 Å². The standard InChI is InChI=1S/C8H11N3O3/c1-3-14-8(12)7(11-13-2)6-4-5-9-10-6/h4-5H,3H2,1-2H3,(H,9,10)/b11-7-. The van der Waals surface area contributed by atoms with Crippen molar-refractivity contribution < 1.29 is 14.4 Å². The first kappa shape index (κ1) is 10.2. The molecule has 0 aliphatic carbocycles. The molecule has 0 aliphatic rings. The summed E-state index contributed by atoms with van der Waals surface area (Å²) in [6, 6.07) is 1.61. The minimum atomic E-state index is -0.543. The second kappa shape index (κ2) is 5.00. The van der Waals surface area contributed by atoms with Crippen LogP contribution in [0.2, 0.25) is 0 Å². The summed E-state index contributed by atoms with van der Waals surface area (Å²) >= 11 is 0. The second-order valence-electron chi connectivity index (χ2n) is 2.31. The first-order valence-electron chi connectivity index (χ1n) is 4.07. The van der Waals surface area contributed by atoms with Gasteiger partial charge in [-0.05, 0) is 13.0 Å². The quantitative estimate of drug-likeness (QED) is 0.428. The van der Waals surface area contributed by atoms with Crippen LogP contribution in [0.3, 0.4) is 0 Å². The maximum absolute atomic E-state index is 11.4. The number of H-pyrrole nitrogens is 1. The SMILES string of the molecule is CCOC(=O)/C(=N\OC)c1ccn[nH]1. The van der Waals surface area contributed by atoms with E-state index in [0.29, 0.717) is 5.69 Å². The van der Waals surface area contributed by atoms with Crippen molar-refractivity contribution in [2.24, 2.45) is 5.16 Å². The van der Waals surface area contributed by atoms with Crippen molar-refractivity contribution in [1.82, 2.24) is 10.2 Å². The van der Waals surface area contributed by atoms with Gasteiger partial charge in [0.05, 0.1) is 12.3 Å². The number of rotatable bonds is 4. The van der Waals surface area contributed by atoms with Crippen LogP contribution in [0.5, 0.6) is 0 Å². The van der Waals surface area contributed by atoms with Crippen molar-refractivity contribution in [1.29, 1.82) is 0 Å². The number of esters is 1. The van der Waals surface area contributed by atoms with E-state index in [0.717, 1.165) is 0 Å². The summed E-state index contributed by atoms with van der Waals surface area (Å²) < 4.78 is 4.78. The van der Waals surface area contributed by atoms with Crippen LogP contribution in [0.1, 0.15) is 12.6 Å². The third-order valence-electron chi connectivity index (χ3n) is 1.41. The number of nitrogens with one attached hydrogen (secondary N) is 1. The molecule has 0 aromatic carbocycles. The maximum atomic E-state index is 11.4. The van der Waals surface area contributed by atoms with Crippen LogP contribution in [-0.2, 0) is 14.4 Å². The molecule has 1 N–H and O–H groups in total. The molecule has 0 atom stereocenters. The van der Waals surface area contributed by atoms with E-state index in [2.05, 4.69) is 20.2 Å². The Morgan fingerprint density at radius 1 is 1.71 bits per heavy atom. The zero-order chi connectivity index (χ0) is 10.4. The molecule has 0 unspecified atom stereocenters. The van der Waals surface area contributed by atoms with Gasteiger partial charge in [-0.1, -0.05) is 5.16 Å². The van der Waals surface area contributed by atoms with Gasteiger partial charge in [0.1, 0.15) is 7.11 Å². The number of aromatic nitrogens is 2. The van der Waals surface area contributed by atoms with E-state index in [4.69, 9.17) is 4.74 Å². The first-order chi connectivity index (χ1) is 6.79. The predicted octanol–water partition coefficient (Wildman–Crippen LogP) is 0.323. The fourth-order valence-electron chi connectivity index (χ4n) is 0.875. The molecular weight excluding hydrogens is 186 g/mol. The van der Waals surface area contributed by atoms with Gasteiger partial charge in [-0.3, -0.25) is 5.10 Å². The molecule has 0 amide bonds. The van der Waals surface area contributed by atoms with E-state index in [1.54, 1.807) is 13.0 Å². The average Bonchev–Trinajstić information content (AvgIpc) is 2.67. The number of carbonyl (C=O) groups is 1. The van der Waals surface area contributed by atoms with Crippen molar-refractivity contribution >= 4 is 11.7 Å². The van der Waals surface area contributed by atoms with Gasteiger partial charge >= 0.3 is 5.97 Å². The summed E-state index contributed by atoms with van der Waals surface area (Å²) in [5.74, 6) is -0.543. The molecule has 0 radical (unpaired) electrons. The smallest absolute Gasteiger partial charge is 0.362 e. The molecule has 0 fully saturated rings. The highest BCUT2D eigenvalue weighted by molar-refractivity contribution is 6.42. The Balaban J connectivity index is 2.86. The summed E-state index contributed by atoms with van der Waals surface area (Å²) in [7, 11) is 1.36. The van der Waals surface area contributed by atoms with E-state index in [1.165, 1.54) is 13.3 Å². The molecule has 6 heteroatoms. The highest BCUT2D eigenvalue weighted by Crippen LogP contribution is 1.98. The molecule has 1 rings (SSSR count). The van der Waals surface area contributed by atoms with Gasteiger partial charge in [0.2, 0.25) is 5.71 Å². The van der Waals surface area contributed by atoms with Gasteiger partial charge in [-0.15, -0.1) is 0 Å². The predicted molar refractivity (Wildman–Crippen MR) is 48.8 cm³/mol. The summed E-state index contributed by atoms with van der Waals surface area (Å²) in [4.78, 5) is 15.9. The maximum Gasteiger partial charge on any atom is 0.362 e. The van der Waals surface area contributed by atoms with Crippen molar-refractivity contribution in [3.63, 3.8) is 0 Å². The highest BCUT2D eigenvalue weighted by Gasteiger charge is 2.17. The van der Waals surface area contributed by atoms with Gasteiger partial charge in [-0.2, -0.15) is 5.10 Å². The zero-order valence-corrected chi connectivity index (χ0v) is 7.98. The first-order valence-corrected chi connectivity index (χ1v) is 4.07. The lowest BCUT2D eigenvalue weighted by Gasteiger charge is -2.01. The monoisotopic (exact) mass is 197 g/mol. The van der Waals surface area contributed by atoms with Crippen molar-refractivity contribution in [2.45, 2.75) is 6.92 Å². The Bertz CT molecular complexity index is 319. The number of aromatic amines is 1. The van der Waals surface area contributed by atoms with Crippen LogP contribution in [0, 0.1) is 0 Å². The Hall–Kier alpha value is -1.85. The lowest BCUT2D eigenvalue weighted by Crippen LogP contribution is -2.19. The summed E-state index contributed by atoms with van der Waals surface area (Å²) in [6.45, 7) is 2.00. The number of ether oxygens (including phenoxy) is 1. The normalized spacial score (nSPS) is 11.1. The van der Waals surface area contributed by atoms with Crippen molar-refractivity contribution in [2.75, 3.05) is 13.7 Å². The van der Waals surface area contributed by atoms with Gasteiger partial charge in [-0.25, -0.2) is 4.79 Å². The van der Waals surface area contributed by atoms with Gasteiger partial charge < -0.3 is 9.57 Å². The van der Waals surface area contributed by atoms with E-state index < -0.39 is 5.97 Å². The van der Waals surface area contributed by atoms with E-state index in [9.17, 15) is 4.79 Å². The molecule has 76 valence electrons. The second-order valence-corrected chi connectivity index (χ2v) is 2.31. The molecule has 1 aromatic rings. The van der Waals surface area contributed by atoms with Gasteiger partial charge in [0.25, 0.3) is 0 Å². The molecule has 14 heavy (non-hydrogen) atoms. The highest BCUT2D eigenvalue weighted by atomic mass is 16.6. The van der Waals surface area contributed by atoms with Gasteiger partial charge in [0, 0.05) is 6.20 Å². The summed E-state index contributed by atoms with van der Waals surface area (Å²) in [5.41, 5.74) is 0.539. The zero-order valence-electron chi connectivity index (χ0n) is 7.98.